The largest absolute Gasteiger partial charge is 0.907 e. The molecule has 0 saturated carbocycles. The van der Waals surface area contributed by atoms with Crippen molar-refractivity contribution in [3.05, 3.63) is 161 Å². The normalized spacial score (nSPS) is 10.4. The van der Waals surface area contributed by atoms with Gasteiger partial charge < -0.3 is 15.1 Å². The molecule has 0 radical (unpaired) electrons. The highest BCUT2D eigenvalue weighted by molar-refractivity contribution is 6.24. The predicted molar refractivity (Wildman–Crippen MR) is 165 cm³/mol. The Balaban J connectivity index is 0.000000211. The zero-order valence-electron chi connectivity index (χ0n) is 28.3. The Morgan fingerprint density at radius 3 is 0.727 bits per heavy atom. The summed E-state index contributed by atoms with van der Waals surface area (Å²) in [5.74, 6) is -15.3. The summed E-state index contributed by atoms with van der Waals surface area (Å²) in [4.78, 5) is -1.73. The second kappa shape index (κ2) is 19.0. The fourth-order valence-electron chi connectivity index (χ4n) is 4.39. The number of aryl methyl sites for hydroxylation is 3. The summed E-state index contributed by atoms with van der Waals surface area (Å²) >= 11 is 0. The number of hydrogen-bond acceptors (Lipinski definition) is 3. The Hall–Kier alpha value is -5.79. The van der Waals surface area contributed by atoms with Crippen molar-refractivity contribution < 1.29 is 82.4 Å². The number of halogens is 12. The van der Waals surface area contributed by atoms with E-state index in [2.05, 4.69) is 0 Å². The predicted octanol–water partition coefficient (Wildman–Crippen LogP) is 5.35. The number of hydrogen-bond donors (Lipinski definition) is 0. The third-order valence-electron chi connectivity index (χ3n) is 7.21. The first kappa shape index (κ1) is 43.6. The highest BCUT2D eigenvalue weighted by Gasteiger charge is 2.29. The van der Waals surface area contributed by atoms with Crippen LogP contribution in [0, 0.1) is 73.5 Å². The molecule has 0 fully saturated rings. The van der Waals surface area contributed by atoms with Gasteiger partial charge in [-0.15, -0.1) is 13.2 Å². The minimum Gasteiger partial charge on any atom is -0.907 e. The summed E-state index contributed by atoms with van der Waals surface area (Å²) in [5, 5.41) is 25.2. The van der Waals surface area contributed by atoms with Crippen LogP contribution in [0.1, 0.15) is 16.7 Å². The van der Waals surface area contributed by atoms with Gasteiger partial charge in [-0.25, -0.2) is 13.2 Å². The van der Waals surface area contributed by atoms with Crippen molar-refractivity contribution in [2.75, 3.05) is 0 Å². The summed E-state index contributed by atoms with van der Waals surface area (Å²) in [6.45, 7) is 5.46. The van der Waals surface area contributed by atoms with Gasteiger partial charge in [0.25, 0.3) is 17.5 Å². The van der Waals surface area contributed by atoms with Crippen molar-refractivity contribution in [1.82, 2.24) is 0 Å². The van der Waals surface area contributed by atoms with Crippen molar-refractivity contribution in [2.45, 2.75) is 20.8 Å². The molecule has 0 unspecified atom stereocenters. The van der Waals surface area contributed by atoms with Crippen LogP contribution in [0.5, 0.6) is 0 Å². The number of nitrogens with zero attached hydrogens (tertiary/aromatic N) is 3. The molecule has 0 aliphatic carbocycles. The molecule has 6 aromatic rings. The summed E-state index contributed by atoms with van der Waals surface area (Å²) in [6.07, 6.45) is 1.70. The zero-order valence-corrected chi connectivity index (χ0v) is 28.3. The molecule has 0 N–H and O–H groups in total. The molecule has 3 heterocycles. The highest BCUT2D eigenvalue weighted by atomic mass is 19.2. The van der Waals surface area contributed by atoms with Crippen LogP contribution in [0.4, 0.5) is 53.0 Å². The summed E-state index contributed by atoms with van der Waals surface area (Å²) in [6, 6.07) is 19.0. The minimum absolute atomic E-state index is 0.276. The summed E-state index contributed by atoms with van der Waals surface area (Å²) in [5.41, 5.74) is 2.61. The third kappa shape index (κ3) is 11.1. The van der Waals surface area contributed by atoms with Crippen LogP contribution in [-0.4, -0.2) is 7.32 Å². The zero-order chi connectivity index (χ0) is 41.3. The smallest absolute Gasteiger partial charge is 0.444 e. The van der Waals surface area contributed by atoms with Crippen LogP contribution < -0.4 is 29.4 Å². The van der Waals surface area contributed by atoms with E-state index in [0.717, 1.165) is 16.7 Å². The second-order valence-electron chi connectivity index (χ2n) is 11.2. The molecule has 0 spiro atoms. The lowest BCUT2D eigenvalue weighted by molar-refractivity contribution is -0.866. The standard InChI is InChI=1S/3C12H8F4N.BO3/c3*1-7-2-4-8(5-3-7)9-6-17(16)12(15)11(14)10(9)13;2-1(3)4/h3*2-6H,1H3;/q3*+1;-3. The lowest BCUT2D eigenvalue weighted by Gasteiger charge is -2.35. The summed E-state index contributed by atoms with van der Waals surface area (Å²) in [7, 11) is -2.92. The molecule has 288 valence electrons. The molecule has 6 rings (SSSR count). The average molecular weight is 785 g/mol. The van der Waals surface area contributed by atoms with Gasteiger partial charge in [-0.3, -0.25) is 7.32 Å². The van der Waals surface area contributed by atoms with Crippen molar-refractivity contribution in [2.24, 2.45) is 0 Å². The first-order chi connectivity index (χ1) is 25.7. The maximum Gasteiger partial charge on any atom is 0.444 e. The Labute approximate surface area is 304 Å². The van der Waals surface area contributed by atoms with E-state index in [0.29, 0.717) is 18.6 Å². The molecular formula is C36H24BF12N3O3. The fraction of sp³-hybridized carbons (Fsp3) is 0.0833. The molecule has 0 atom stereocenters. The third-order valence-corrected chi connectivity index (χ3v) is 7.21. The van der Waals surface area contributed by atoms with E-state index in [9.17, 15) is 53.0 Å². The van der Waals surface area contributed by atoms with E-state index >= 15 is 0 Å². The van der Waals surface area contributed by atoms with E-state index in [1.807, 2.05) is 20.8 Å². The lowest BCUT2D eigenvalue weighted by atomic mass is 10.1. The molecule has 3 aromatic carbocycles. The molecule has 0 amide bonds. The molecule has 0 bridgehead atoms. The minimum atomic E-state index is -2.92. The van der Waals surface area contributed by atoms with Gasteiger partial charge in [0, 0.05) is 0 Å². The first-order valence-electron chi connectivity index (χ1n) is 15.2. The highest BCUT2D eigenvalue weighted by Crippen LogP contribution is 2.26. The van der Waals surface area contributed by atoms with E-state index in [4.69, 9.17) is 15.1 Å². The lowest BCUT2D eigenvalue weighted by Crippen LogP contribution is -2.56. The van der Waals surface area contributed by atoms with Gasteiger partial charge in [-0.1, -0.05) is 89.5 Å². The molecule has 0 aliphatic heterocycles. The molecular weight excluding hydrogens is 761 g/mol. The number of rotatable bonds is 3. The van der Waals surface area contributed by atoms with Crippen LogP contribution in [0.25, 0.3) is 33.4 Å². The summed E-state index contributed by atoms with van der Waals surface area (Å²) < 4.78 is 156. The van der Waals surface area contributed by atoms with Gasteiger partial charge in [-0.2, -0.15) is 13.2 Å². The van der Waals surface area contributed by atoms with Gasteiger partial charge in [0.15, 0.2) is 17.5 Å². The quantitative estimate of drug-likeness (QED) is 0.138. The molecule has 19 heteroatoms. The van der Waals surface area contributed by atoms with Crippen LogP contribution in [0.15, 0.2) is 91.4 Å². The van der Waals surface area contributed by atoms with Gasteiger partial charge in [0.1, 0.15) is 0 Å². The molecule has 3 aromatic heterocycles. The van der Waals surface area contributed by atoms with Gasteiger partial charge in [0.05, 0.1) is 44.5 Å². The average Bonchev–Trinajstić information content (AvgIpc) is 3.15. The van der Waals surface area contributed by atoms with E-state index in [1.165, 1.54) is 36.4 Å². The molecule has 6 nitrogen and oxygen atoms in total. The van der Waals surface area contributed by atoms with Crippen LogP contribution in [-0.2, 0) is 0 Å². The Bertz CT molecular complexity index is 2010. The maximum absolute atomic E-state index is 13.4. The van der Waals surface area contributed by atoms with Gasteiger partial charge in [0.2, 0.25) is 18.6 Å². The SMILES string of the molecule is Cc1ccc(-c2c[n+](F)c(F)c(F)c2F)cc1.Cc1ccc(-c2c[n+](F)c(F)c(F)c2F)cc1.Cc1ccc(-c2c[n+](F)c(F)c(F)c2F)cc1.[O-]B([O-])[O-]. The Morgan fingerprint density at radius 1 is 0.364 bits per heavy atom. The van der Waals surface area contributed by atoms with Crippen molar-refractivity contribution in [3.8, 4) is 33.4 Å². The number of benzene rings is 3. The number of aromatic nitrogens is 3. The van der Waals surface area contributed by atoms with Crippen molar-refractivity contribution in [1.29, 1.82) is 0 Å². The Morgan fingerprint density at radius 2 is 0.545 bits per heavy atom. The monoisotopic (exact) mass is 785 g/mol. The Kier molecular flexibility index (Phi) is 15.1. The molecule has 55 heavy (non-hydrogen) atoms. The van der Waals surface area contributed by atoms with E-state index < -0.39 is 74.4 Å². The van der Waals surface area contributed by atoms with Crippen LogP contribution >= 0.6 is 0 Å². The topological polar surface area (TPSA) is 80.8 Å². The maximum atomic E-state index is 13.4. The van der Waals surface area contributed by atoms with E-state index in [1.54, 1.807) is 36.4 Å². The van der Waals surface area contributed by atoms with Crippen molar-refractivity contribution in [3.63, 3.8) is 0 Å². The van der Waals surface area contributed by atoms with Gasteiger partial charge >= 0.3 is 17.8 Å². The first-order valence-corrected chi connectivity index (χ1v) is 15.2. The number of pyridine rings is 3. The van der Waals surface area contributed by atoms with Gasteiger partial charge in [-0.05, 0) is 37.5 Å². The van der Waals surface area contributed by atoms with Crippen LogP contribution in [0.3, 0.4) is 0 Å². The second-order valence-corrected chi connectivity index (χ2v) is 11.2. The fourth-order valence-corrected chi connectivity index (χ4v) is 4.39. The molecule has 0 saturated heterocycles. The van der Waals surface area contributed by atoms with Crippen molar-refractivity contribution >= 4 is 7.32 Å². The molecule has 0 aliphatic rings. The van der Waals surface area contributed by atoms with Crippen LogP contribution in [0.2, 0.25) is 0 Å². The van der Waals surface area contributed by atoms with E-state index in [-0.39, 0.29) is 33.4 Å².